The number of amides is 5. The number of likely N-dealkylation sites (N-methyl/N-ethyl adjacent to an activating group) is 2. The van der Waals surface area contributed by atoms with Crippen molar-refractivity contribution in [2.24, 2.45) is 23.7 Å². The van der Waals surface area contributed by atoms with E-state index in [1.165, 1.54) is 53.1 Å². The van der Waals surface area contributed by atoms with Crippen LogP contribution in [-0.4, -0.2) is 120 Å². The smallest absolute Gasteiger partial charge is 0.416 e. The fourth-order valence-electron chi connectivity index (χ4n) is 6.98. The molecule has 63 heavy (non-hydrogen) atoms. The van der Waals surface area contributed by atoms with Gasteiger partial charge in [-0.1, -0.05) is 79.5 Å². The Morgan fingerprint density at radius 2 is 1.38 bits per heavy atom. The number of ether oxygens (including phenoxy) is 2. The van der Waals surface area contributed by atoms with Crippen LogP contribution in [0.3, 0.4) is 0 Å². The lowest BCUT2D eigenvalue weighted by molar-refractivity contribution is -0.161. The highest BCUT2D eigenvalue weighted by molar-refractivity contribution is 5.96. The van der Waals surface area contributed by atoms with E-state index in [0.29, 0.717) is 12.8 Å². The van der Waals surface area contributed by atoms with E-state index in [1.54, 1.807) is 34.6 Å². The van der Waals surface area contributed by atoms with Crippen molar-refractivity contribution in [2.45, 2.75) is 150 Å². The third-order valence-corrected chi connectivity index (χ3v) is 11.6. The van der Waals surface area contributed by atoms with Gasteiger partial charge in [-0.15, -0.1) is 0 Å². The zero-order chi connectivity index (χ0) is 48.1. The Labute approximate surface area is 369 Å². The molecule has 10 atom stereocenters. The molecule has 1 heterocycles. The van der Waals surface area contributed by atoms with Gasteiger partial charge in [-0.25, -0.2) is 9.59 Å². The van der Waals surface area contributed by atoms with E-state index in [-0.39, 0.29) is 42.2 Å². The number of esters is 2. The number of aliphatic hydroxyl groups is 1. The van der Waals surface area contributed by atoms with Crippen molar-refractivity contribution < 1.29 is 61.3 Å². The van der Waals surface area contributed by atoms with Gasteiger partial charge in [0.25, 0.3) is 5.91 Å². The Hall–Kier alpha value is -5.00. The number of carbonyl (C=O) groups is 7. The third-order valence-electron chi connectivity index (χ3n) is 11.6. The number of benzene rings is 1. The Balaban J connectivity index is 2.66. The fourth-order valence-corrected chi connectivity index (χ4v) is 6.98. The van der Waals surface area contributed by atoms with Gasteiger partial charge in [0.2, 0.25) is 23.6 Å². The Bertz CT molecular complexity index is 1790. The molecule has 4 N–H and O–H groups in total. The molecule has 1 aromatic carbocycles. The highest BCUT2D eigenvalue weighted by Gasteiger charge is 2.38. The van der Waals surface area contributed by atoms with Crippen LogP contribution in [0.15, 0.2) is 35.9 Å². The lowest BCUT2D eigenvalue weighted by Crippen LogP contribution is -2.57. The minimum absolute atomic E-state index is 0.0460. The van der Waals surface area contributed by atoms with Gasteiger partial charge >= 0.3 is 18.1 Å². The van der Waals surface area contributed by atoms with E-state index in [2.05, 4.69) is 16.0 Å². The number of hydrogen-bond acceptors (Lipinski definition) is 10. The maximum atomic E-state index is 14.2. The lowest BCUT2D eigenvalue weighted by Gasteiger charge is -2.33. The van der Waals surface area contributed by atoms with Crippen LogP contribution in [-0.2, 0) is 55.6 Å². The molecule has 0 saturated heterocycles. The summed E-state index contributed by atoms with van der Waals surface area (Å²) in [7, 11) is 2.55. The molecule has 0 aliphatic carbocycles. The maximum Gasteiger partial charge on any atom is 0.416 e. The van der Waals surface area contributed by atoms with E-state index in [0.717, 1.165) is 21.9 Å². The first-order valence-electron chi connectivity index (χ1n) is 21.6. The van der Waals surface area contributed by atoms with Crippen LogP contribution >= 0.6 is 0 Å². The molecular weight excluding hydrogens is 828 g/mol. The van der Waals surface area contributed by atoms with Gasteiger partial charge in [0.05, 0.1) is 18.2 Å². The zero-order valence-corrected chi connectivity index (χ0v) is 38.6. The molecule has 0 aromatic heterocycles. The number of hydrogen-bond donors (Lipinski definition) is 4. The van der Waals surface area contributed by atoms with Crippen LogP contribution in [0.25, 0.3) is 0 Å². The maximum absolute atomic E-state index is 14.2. The summed E-state index contributed by atoms with van der Waals surface area (Å²) in [5.41, 5.74) is -0.595. The molecule has 0 fully saturated rings. The van der Waals surface area contributed by atoms with Crippen LogP contribution in [0, 0.1) is 23.7 Å². The van der Waals surface area contributed by atoms with E-state index >= 15 is 0 Å². The van der Waals surface area contributed by atoms with Crippen LogP contribution in [0.4, 0.5) is 13.2 Å². The van der Waals surface area contributed by atoms with E-state index in [4.69, 9.17) is 9.47 Å². The normalized spacial score (nSPS) is 28.3. The summed E-state index contributed by atoms with van der Waals surface area (Å²) in [6, 6.07) is -1.04. The third kappa shape index (κ3) is 15.9. The van der Waals surface area contributed by atoms with Gasteiger partial charge < -0.3 is 40.3 Å². The number of rotatable bonds is 8. The molecule has 354 valence electrons. The molecule has 0 spiro atoms. The number of nitrogens with one attached hydrogen (secondary N) is 3. The van der Waals surface area contributed by atoms with Gasteiger partial charge in [-0.2, -0.15) is 13.2 Å². The number of carbonyl (C=O) groups excluding carboxylic acids is 7. The standard InChI is InChI=1S/C45H68F3N5O10/c1-13-25(5)37-40(57)50-30(10)44(61)63-38(26(6)14-2)28(8)34(54)20-15-27(7)43(60)62-35(21-24(3)4)39(56)49-29(9)41(58)53(12)33(42(59)52(11)23-36(55)51-37)22-31-16-18-32(19-17-31)45(46,47)48/h15-19,24-26,28-30,33-35,37-38,54H,13-14,20-23H2,1-12H3,(H,49,56)(H,50,57)(H,51,55)/b27-15+/t25?,26-,28-,29-,30+,33+,34-,35+,37?,38+/m0/s1. The number of halogens is 3. The zero-order valence-electron chi connectivity index (χ0n) is 38.6. The summed E-state index contributed by atoms with van der Waals surface area (Å²) in [6.45, 7) is 16.2. The Morgan fingerprint density at radius 1 is 0.810 bits per heavy atom. The molecule has 0 radical (unpaired) electrons. The summed E-state index contributed by atoms with van der Waals surface area (Å²) < 4.78 is 51.7. The van der Waals surface area contributed by atoms with Crippen molar-refractivity contribution in [2.75, 3.05) is 20.6 Å². The average Bonchev–Trinajstić information content (AvgIpc) is 3.22. The second kappa shape index (κ2) is 24.2. The molecule has 0 bridgehead atoms. The minimum Gasteiger partial charge on any atom is -0.460 e. The number of cyclic esters (lactones) is 2. The second-order valence-electron chi connectivity index (χ2n) is 17.3. The van der Waals surface area contributed by atoms with Gasteiger partial charge in [0.15, 0.2) is 6.10 Å². The number of aliphatic hydroxyl groups excluding tert-OH is 1. The van der Waals surface area contributed by atoms with Crippen LogP contribution in [0.5, 0.6) is 0 Å². The molecule has 15 nitrogen and oxygen atoms in total. The Morgan fingerprint density at radius 3 is 1.92 bits per heavy atom. The summed E-state index contributed by atoms with van der Waals surface area (Å²) in [4.78, 5) is 97.9. The Kier molecular flexibility index (Phi) is 20.8. The summed E-state index contributed by atoms with van der Waals surface area (Å²) >= 11 is 0. The van der Waals surface area contributed by atoms with Crippen molar-refractivity contribution >= 4 is 41.5 Å². The first kappa shape index (κ1) is 54.1. The summed E-state index contributed by atoms with van der Waals surface area (Å²) in [5.74, 6) is -6.93. The van der Waals surface area contributed by atoms with Gasteiger partial charge in [-0.05, 0) is 69.1 Å². The topological polar surface area (TPSA) is 201 Å². The van der Waals surface area contributed by atoms with Crippen molar-refractivity contribution in [1.82, 2.24) is 25.8 Å². The highest BCUT2D eigenvalue weighted by Crippen LogP contribution is 2.30. The molecule has 1 aliphatic rings. The van der Waals surface area contributed by atoms with Crippen LogP contribution < -0.4 is 16.0 Å². The van der Waals surface area contributed by atoms with Crippen molar-refractivity contribution in [1.29, 1.82) is 0 Å². The van der Waals surface area contributed by atoms with Crippen molar-refractivity contribution in [3.8, 4) is 0 Å². The van der Waals surface area contributed by atoms with Crippen LogP contribution in [0.2, 0.25) is 0 Å². The van der Waals surface area contributed by atoms with Crippen LogP contribution in [0.1, 0.15) is 106 Å². The molecule has 1 aromatic rings. The quantitative estimate of drug-likeness (QED) is 0.272. The van der Waals surface area contributed by atoms with Gasteiger partial charge in [0.1, 0.15) is 30.3 Å². The van der Waals surface area contributed by atoms with E-state index in [1.807, 2.05) is 13.8 Å². The van der Waals surface area contributed by atoms with E-state index in [9.17, 15) is 51.8 Å². The fraction of sp³-hybridized carbons (Fsp3) is 0.667. The predicted molar refractivity (Wildman–Crippen MR) is 228 cm³/mol. The highest BCUT2D eigenvalue weighted by atomic mass is 19.4. The second-order valence-corrected chi connectivity index (χ2v) is 17.3. The van der Waals surface area contributed by atoms with Crippen molar-refractivity contribution in [3.63, 3.8) is 0 Å². The van der Waals surface area contributed by atoms with Gasteiger partial charge in [-0.3, -0.25) is 24.0 Å². The molecule has 2 unspecified atom stereocenters. The minimum atomic E-state index is -4.63. The number of alkyl halides is 3. The van der Waals surface area contributed by atoms with Crippen molar-refractivity contribution in [3.05, 3.63) is 47.0 Å². The molecule has 2 rings (SSSR count). The molecule has 1 aliphatic heterocycles. The first-order valence-corrected chi connectivity index (χ1v) is 21.6. The molecule has 0 saturated carbocycles. The summed E-state index contributed by atoms with van der Waals surface area (Å²) in [6.07, 6.45) is -5.70. The molecular formula is C45H68F3N5O10. The SMILES string of the molecule is CCC(C)C1NC(=O)CN(C)C(=O)[C@@H](Cc2ccc(C(F)(F)F)cc2)N(C)C(=O)[C@H](C)NC(=O)[C@@H](CC(C)C)OC(=O)/C(C)=C/C[C@H](O)[C@H](C)[C@@H]([C@@H](C)CC)OC(=O)[C@@H](C)NC1=O. The molecule has 5 amide bonds. The van der Waals surface area contributed by atoms with Gasteiger partial charge in [0, 0.05) is 32.0 Å². The molecule has 18 heteroatoms. The first-order chi connectivity index (χ1) is 29.2. The number of nitrogens with zero attached hydrogens (tertiary/aromatic N) is 2. The van der Waals surface area contributed by atoms with E-state index < -0.39 is 114 Å². The monoisotopic (exact) mass is 895 g/mol. The largest absolute Gasteiger partial charge is 0.460 e. The lowest BCUT2D eigenvalue weighted by atomic mass is 9.86. The summed E-state index contributed by atoms with van der Waals surface area (Å²) in [5, 5.41) is 19.1. The predicted octanol–water partition coefficient (Wildman–Crippen LogP) is 4.34. The average molecular weight is 896 g/mol.